The normalized spacial score (nSPS) is 15.0. The van der Waals surface area contributed by atoms with E-state index in [1.54, 1.807) is 12.1 Å². The van der Waals surface area contributed by atoms with Crippen molar-refractivity contribution in [3.8, 4) is 28.0 Å². The highest BCUT2D eigenvalue weighted by molar-refractivity contribution is 5.85. The first-order chi connectivity index (χ1) is 11.2. The average molecular weight is 303 g/mol. The second-order valence-electron chi connectivity index (χ2n) is 5.56. The number of phenols is 1. The molecule has 23 heavy (non-hydrogen) atoms. The topological polar surface area (TPSA) is 63.4 Å². The Morgan fingerprint density at radius 2 is 1.48 bits per heavy atom. The van der Waals surface area contributed by atoms with Gasteiger partial charge >= 0.3 is 0 Å². The quantitative estimate of drug-likeness (QED) is 0.563. The number of rotatable bonds is 2. The minimum absolute atomic E-state index is 0.00778. The van der Waals surface area contributed by atoms with Gasteiger partial charge in [-0.15, -0.1) is 0 Å². The summed E-state index contributed by atoms with van der Waals surface area (Å²) in [6.45, 7) is 0. The molecule has 4 heteroatoms. The summed E-state index contributed by atoms with van der Waals surface area (Å²) in [5.41, 5.74) is 4.03. The average Bonchev–Trinajstić information content (AvgIpc) is 2.92. The largest absolute Gasteiger partial charge is 0.507 e. The molecule has 1 unspecified atom stereocenters. The SMILES string of the molecule is O=[N+]([O-])C1c2ccccc2-c2ccc(-c3ccccc3)c(O)c21. The van der Waals surface area contributed by atoms with Crippen molar-refractivity contribution in [3.05, 3.63) is 88.0 Å². The van der Waals surface area contributed by atoms with E-state index in [4.69, 9.17) is 0 Å². The zero-order chi connectivity index (χ0) is 16.0. The molecule has 0 bridgehead atoms. The second kappa shape index (κ2) is 4.95. The van der Waals surface area contributed by atoms with Gasteiger partial charge in [-0.05, 0) is 16.7 Å². The fourth-order valence-electron chi connectivity index (χ4n) is 3.33. The van der Waals surface area contributed by atoms with Crippen molar-refractivity contribution in [3.63, 3.8) is 0 Å². The van der Waals surface area contributed by atoms with Gasteiger partial charge in [-0.25, -0.2) is 0 Å². The summed E-state index contributed by atoms with van der Waals surface area (Å²) < 4.78 is 0. The molecule has 3 aromatic carbocycles. The standard InChI is InChI=1S/C19H13NO3/c21-19-13(12-6-2-1-3-7-12)10-11-15-14-8-4-5-9-16(14)18(17(15)19)20(22)23/h1-11,18,21H. The number of aromatic hydroxyl groups is 1. The molecule has 0 fully saturated rings. The summed E-state index contributed by atoms with van der Waals surface area (Å²) in [7, 11) is 0. The molecule has 0 saturated heterocycles. The van der Waals surface area contributed by atoms with Gasteiger partial charge in [0.2, 0.25) is 0 Å². The first-order valence-electron chi connectivity index (χ1n) is 7.32. The summed E-state index contributed by atoms with van der Waals surface area (Å²) in [5, 5.41) is 22.4. The fraction of sp³-hybridized carbons (Fsp3) is 0.0526. The second-order valence-corrected chi connectivity index (χ2v) is 5.56. The number of hydrogen-bond donors (Lipinski definition) is 1. The number of benzene rings is 3. The summed E-state index contributed by atoms with van der Waals surface area (Å²) >= 11 is 0. The van der Waals surface area contributed by atoms with Crippen molar-refractivity contribution < 1.29 is 10.0 Å². The molecule has 0 heterocycles. The molecule has 3 aromatic rings. The van der Waals surface area contributed by atoms with Crippen molar-refractivity contribution in [2.75, 3.05) is 0 Å². The Hall–Kier alpha value is -3.14. The van der Waals surface area contributed by atoms with E-state index in [1.165, 1.54) is 0 Å². The van der Waals surface area contributed by atoms with Crippen LogP contribution >= 0.6 is 0 Å². The molecule has 0 spiro atoms. The van der Waals surface area contributed by atoms with Gasteiger partial charge in [0, 0.05) is 16.1 Å². The third-order valence-electron chi connectivity index (χ3n) is 4.33. The van der Waals surface area contributed by atoms with Crippen LogP contribution in [0, 0.1) is 10.1 Å². The van der Waals surface area contributed by atoms with Crippen molar-refractivity contribution in [2.24, 2.45) is 0 Å². The molecule has 1 aliphatic rings. The zero-order valence-electron chi connectivity index (χ0n) is 12.1. The van der Waals surface area contributed by atoms with E-state index < -0.39 is 6.04 Å². The van der Waals surface area contributed by atoms with Crippen LogP contribution in [0.4, 0.5) is 0 Å². The lowest BCUT2D eigenvalue weighted by molar-refractivity contribution is -0.516. The van der Waals surface area contributed by atoms with Crippen LogP contribution in [0.1, 0.15) is 17.2 Å². The molecule has 4 nitrogen and oxygen atoms in total. The van der Waals surface area contributed by atoms with Gasteiger partial charge in [0.15, 0.2) is 0 Å². The van der Waals surface area contributed by atoms with Crippen molar-refractivity contribution in [1.29, 1.82) is 0 Å². The molecule has 0 saturated carbocycles. The first-order valence-corrected chi connectivity index (χ1v) is 7.32. The third kappa shape index (κ3) is 1.92. The molecule has 1 aliphatic carbocycles. The number of phenolic OH excluding ortho intramolecular Hbond substituents is 1. The van der Waals surface area contributed by atoms with Gasteiger partial charge in [0.1, 0.15) is 5.75 Å². The van der Waals surface area contributed by atoms with E-state index in [0.29, 0.717) is 16.7 Å². The van der Waals surface area contributed by atoms with Crippen molar-refractivity contribution >= 4 is 0 Å². The Morgan fingerprint density at radius 3 is 2.22 bits per heavy atom. The van der Waals surface area contributed by atoms with E-state index in [1.807, 2.05) is 54.6 Å². The Labute approximate surface area is 132 Å². The summed E-state index contributed by atoms with van der Waals surface area (Å²) in [6.07, 6.45) is 0. The van der Waals surface area contributed by atoms with E-state index >= 15 is 0 Å². The Bertz CT molecular complexity index is 919. The van der Waals surface area contributed by atoms with Crippen LogP contribution in [0.5, 0.6) is 5.75 Å². The highest BCUT2D eigenvalue weighted by atomic mass is 16.6. The number of fused-ring (bicyclic) bond motifs is 3. The van der Waals surface area contributed by atoms with Crippen molar-refractivity contribution in [1.82, 2.24) is 0 Å². The van der Waals surface area contributed by atoms with Gasteiger partial charge in [0.25, 0.3) is 6.04 Å². The molecule has 4 rings (SSSR count). The minimum Gasteiger partial charge on any atom is -0.507 e. The molecular weight excluding hydrogens is 290 g/mol. The predicted molar refractivity (Wildman–Crippen MR) is 87.8 cm³/mol. The Morgan fingerprint density at radius 1 is 0.826 bits per heavy atom. The number of nitro groups is 1. The molecule has 1 atom stereocenters. The lowest BCUT2D eigenvalue weighted by Crippen LogP contribution is -2.09. The van der Waals surface area contributed by atoms with Gasteiger partial charge in [-0.1, -0.05) is 66.7 Å². The van der Waals surface area contributed by atoms with Crippen LogP contribution < -0.4 is 0 Å². The number of hydrogen-bond acceptors (Lipinski definition) is 3. The van der Waals surface area contributed by atoms with Crippen LogP contribution in [0.25, 0.3) is 22.3 Å². The highest BCUT2D eigenvalue weighted by Crippen LogP contribution is 2.51. The zero-order valence-corrected chi connectivity index (χ0v) is 12.1. The molecule has 112 valence electrons. The predicted octanol–water partition coefficient (Wildman–Crippen LogP) is 4.41. The molecule has 0 amide bonds. The Balaban J connectivity index is 2.00. The first kappa shape index (κ1) is 13.5. The maximum absolute atomic E-state index is 11.6. The van der Waals surface area contributed by atoms with Crippen molar-refractivity contribution in [2.45, 2.75) is 6.04 Å². The lowest BCUT2D eigenvalue weighted by Gasteiger charge is -2.11. The summed E-state index contributed by atoms with van der Waals surface area (Å²) in [4.78, 5) is 11.3. The molecule has 0 aromatic heterocycles. The van der Waals surface area contributed by atoms with E-state index in [9.17, 15) is 15.2 Å². The van der Waals surface area contributed by atoms with Crippen LogP contribution in [-0.4, -0.2) is 10.0 Å². The molecule has 1 N–H and O–H groups in total. The van der Waals surface area contributed by atoms with E-state index in [2.05, 4.69) is 0 Å². The molecular formula is C19H13NO3. The van der Waals surface area contributed by atoms with Crippen LogP contribution in [0.15, 0.2) is 66.7 Å². The number of nitrogens with zero attached hydrogens (tertiary/aromatic N) is 1. The summed E-state index contributed by atoms with van der Waals surface area (Å²) in [6, 6.07) is 19.3. The lowest BCUT2D eigenvalue weighted by atomic mass is 9.96. The third-order valence-corrected chi connectivity index (χ3v) is 4.33. The monoisotopic (exact) mass is 303 g/mol. The summed E-state index contributed by atoms with van der Waals surface area (Å²) in [5.74, 6) is -0.00778. The van der Waals surface area contributed by atoms with E-state index in [-0.39, 0.29) is 10.7 Å². The molecule has 0 radical (unpaired) electrons. The molecule has 0 aliphatic heterocycles. The smallest absolute Gasteiger partial charge is 0.267 e. The fourth-order valence-corrected chi connectivity index (χ4v) is 3.33. The van der Waals surface area contributed by atoms with Gasteiger partial charge < -0.3 is 5.11 Å². The van der Waals surface area contributed by atoms with Gasteiger partial charge in [-0.2, -0.15) is 0 Å². The maximum Gasteiger partial charge on any atom is 0.267 e. The van der Waals surface area contributed by atoms with E-state index in [0.717, 1.165) is 16.7 Å². The van der Waals surface area contributed by atoms with Crippen LogP contribution in [0.2, 0.25) is 0 Å². The minimum atomic E-state index is -1.02. The van der Waals surface area contributed by atoms with Gasteiger partial charge in [0.05, 0.1) is 5.56 Å². The maximum atomic E-state index is 11.6. The highest BCUT2D eigenvalue weighted by Gasteiger charge is 2.40. The van der Waals surface area contributed by atoms with Gasteiger partial charge in [-0.3, -0.25) is 10.1 Å². The Kier molecular flexibility index (Phi) is 2.91. The van der Waals surface area contributed by atoms with Crippen LogP contribution in [-0.2, 0) is 0 Å². The van der Waals surface area contributed by atoms with Crippen LogP contribution in [0.3, 0.4) is 0 Å².